The first-order valence-corrected chi connectivity index (χ1v) is 8.13. The van der Waals surface area contributed by atoms with Gasteiger partial charge >= 0.3 is 0 Å². The Labute approximate surface area is 128 Å². The number of nitrogens with one attached hydrogen (secondary N) is 1. The number of carbonyl (C=O) groups is 2. The molecule has 108 valence electrons. The van der Waals surface area contributed by atoms with Gasteiger partial charge in [-0.1, -0.05) is 43.0 Å². The smallest absolute Gasteiger partial charge is 0.217 e. The van der Waals surface area contributed by atoms with E-state index in [2.05, 4.69) is 12.2 Å². The van der Waals surface area contributed by atoms with Crippen LogP contribution in [0.25, 0.3) is 5.70 Å². The van der Waals surface area contributed by atoms with Crippen molar-refractivity contribution in [3.63, 3.8) is 0 Å². The van der Waals surface area contributed by atoms with E-state index in [0.29, 0.717) is 6.42 Å². The van der Waals surface area contributed by atoms with Crippen LogP contribution in [0.2, 0.25) is 0 Å². The van der Waals surface area contributed by atoms with Gasteiger partial charge in [0.2, 0.25) is 5.12 Å². The summed E-state index contributed by atoms with van der Waals surface area (Å²) in [5.41, 5.74) is 4.88. The fraction of sp³-hybridized carbons (Fsp3) is 0.294. The average molecular weight is 299 g/mol. The number of carbonyl (C=O) groups excluding carboxylic acids is 2. The number of thioether (sulfide) groups is 1. The molecule has 2 aliphatic rings. The van der Waals surface area contributed by atoms with Crippen LogP contribution in [0.5, 0.6) is 0 Å². The van der Waals surface area contributed by atoms with E-state index in [1.54, 1.807) is 0 Å². The third-order valence-electron chi connectivity index (χ3n) is 3.82. The zero-order chi connectivity index (χ0) is 15.0. The molecule has 21 heavy (non-hydrogen) atoms. The zero-order valence-corrected chi connectivity index (χ0v) is 13.0. The number of benzene rings is 1. The molecule has 0 spiro atoms. The number of Topliss-reactive ketones (excluding diaryl/α,β-unsaturated/α-hetero) is 1. The molecule has 0 saturated carbocycles. The fourth-order valence-electron chi connectivity index (χ4n) is 2.73. The molecule has 1 N–H and O–H groups in total. The minimum absolute atomic E-state index is 0.0476. The number of hydrogen-bond acceptors (Lipinski definition) is 4. The number of fused-ring (bicyclic) bond motifs is 2. The predicted molar refractivity (Wildman–Crippen MR) is 85.9 cm³/mol. The number of hydrogen-bond donors (Lipinski definition) is 1. The van der Waals surface area contributed by atoms with Gasteiger partial charge in [-0.05, 0) is 13.3 Å². The summed E-state index contributed by atoms with van der Waals surface area (Å²) in [5, 5.41) is 3.36. The van der Waals surface area contributed by atoms with Gasteiger partial charge < -0.3 is 5.32 Å². The standard InChI is InChI=1S/C17H17NO2S/c1-3-8-21-17(20)13-9-14-15(18-10(13)2)11-6-4-5-7-12(11)16(14)19/h4-7,18H,3,8-9H2,1-2H3. The Morgan fingerprint density at radius 3 is 2.71 bits per heavy atom. The first-order chi connectivity index (χ1) is 10.1. The minimum atomic E-state index is 0.0476. The van der Waals surface area contributed by atoms with Crippen LogP contribution in [0, 0.1) is 0 Å². The number of rotatable bonds is 3. The van der Waals surface area contributed by atoms with Gasteiger partial charge in [0.25, 0.3) is 0 Å². The van der Waals surface area contributed by atoms with Crippen molar-refractivity contribution in [1.29, 1.82) is 0 Å². The van der Waals surface area contributed by atoms with Crippen LogP contribution < -0.4 is 5.32 Å². The highest BCUT2D eigenvalue weighted by atomic mass is 32.2. The zero-order valence-electron chi connectivity index (χ0n) is 12.2. The van der Waals surface area contributed by atoms with Gasteiger partial charge in [-0.2, -0.15) is 0 Å². The Balaban J connectivity index is 1.90. The molecule has 0 atom stereocenters. The molecule has 0 unspecified atom stereocenters. The summed E-state index contributed by atoms with van der Waals surface area (Å²) in [4.78, 5) is 24.7. The summed E-state index contributed by atoms with van der Waals surface area (Å²) in [7, 11) is 0. The molecule has 0 saturated heterocycles. The molecule has 1 aromatic carbocycles. The van der Waals surface area contributed by atoms with E-state index in [1.807, 2.05) is 31.2 Å². The van der Waals surface area contributed by atoms with Gasteiger partial charge in [0.15, 0.2) is 5.78 Å². The van der Waals surface area contributed by atoms with Crippen LogP contribution in [0.1, 0.15) is 42.6 Å². The Morgan fingerprint density at radius 2 is 2.00 bits per heavy atom. The highest BCUT2D eigenvalue weighted by Crippen LogP contribution is 2.39. The molecular formula is C17H17NO2S. The first-order valence-electron chi connectivity index (χ1n) is 7.14. The molecule has 3 nitrogen and oxygen atoms in total. The van der Waals surface area contributed by atoms with Gasteiger partial charge in [0.1, 0.15) is 0 Å². The summed E-state index contributed by atoms with van der Waals surface area (Å²) in [6.45, 7) is 3.97. The summed E-state index contributed by atoms with van der Waals surface area (Å²) in [6, 6.07) is 7.61. The third kappa shape index (κ3) is 2.33. The molecule has 1 heterocycles. The monoisotopic (exact) mass is 299 g/mol. The first kappa shape index (κ1) is 14.1. The number of allylic oxidation sites excluding steroid dienone is 2. The second kappa shape index (κ2) is 5.53. The van der Waals surface area contributed by atoms with Crippen LogP contribution in [-0.2, 0) is 4.79 Å². The lowest BCUT2D eigenvalue weighted by Gasteiger charge is -2.20. The van der Waals surface area contributed by atoms with Crippen molar-refractivity contribution in [2.24, 2.45) is 0 Å². The molecular weight excluding hydrogens is 282 g/mol. The summed E-state index contributed by atoms with van der Waals surface area (Å²) in [6.07, 6.45) is 1.41. The van der Waals surface area contributed by atoms with E-state index >= 15 is 0 Å². The predicted octanol–water partition coefficient (Wildman–Crippen LogP) is 3.53. The van der Waals surface area contributed by atoms with Gasteiger partial charge in [0.05, 0.1) is 5.70 Å². The van der Waals surface area contributed by atoms with Crippen molar-refractivity contribution in [1.82, 2.24) is 5.32 Å². The molecule has 1 aliphatic heterocycles. The summed E-state index contributed by atoms with van der Waals surface area (Å²) >= 11 is 1.34. The van der Waals surface area contributed by atoms with Crippen LogP contribution >= 0.6 is 11.8 Å². The number of ketones is 1. The average Bonchev–Trinajstić information content (AvgIpc) is 2.77. The molecule has 0 fully saturated rings. The van der Waals surface area contributed by atoms with Crippen LogP contribution in [0.4, 0.5) is 0 Å². The second-order valence-electron chi connectivity index (χ2n) is 5.27. The van der Waals surface area contributed by atoms with Crippen molar-refractivity contribution in [3.8, 4) is 0 Å². The topological polar surface area (TPSA) is 46.2 Å². The summed E-state index contributed by atoms with van der Waals surface area (Å²) < 4.78 is 0. The van der Waals surface area contributed by atoms with Crippen LogP contribution in [0.15, 0.2) is 41.1 Å². The fourth-order valence-corrected chi connectivity index (χ4v) is 3.52. The van der Waals surface area contributed by atoms with Crippen LogP contribution in [0.3, 0.4) is 0 Å². The molecule has 0 aromatic heterocycles. The lowest BCUT2D eigenvalue weighted by molar-refractivity contribution is -0.108. The molecule has 0 bridgehead atoms. The molecule has 4 heteroatoms. The quantitative estimate of drug-likeness (QED) is 0.927. The minimum Gasteiger partial charge on any atom is -0.358 e. The maximum Gasteiger partial charge on any atom is 0.217 e. The van der Waals surface area contributed by atoms with Crippen molar-refractivity contribution < 1.29 is 9.59 Å². The van der Waals surface area contributed by atoms with E-state index in [9.17, 15) is 9.59 Å². The Hall–Kier alpha value is -1.81. The van der Waals surface area contributed by atoms with E-state index in [0.717, 1.165) is 45.8 Å². The lowest BCUT2D eigenvalue weighted by Crippen LogP contribution is -2.21. The Bertz CT molecular complexity index is 700. The second-order valence-corrected chi connectivity index (χ2v) is 6.34. The van der Waals surface area contributed by atoms with E-state index in [1.165, 1.54) is 11.8 Å². The van der Waals surface area contributed by atoms with Crippen LogP contribution in [-0.4, -0.2) is 16.7 Å². The van der Waals surface area contributed by atoms with Gasteiger partial charge in [-0.25, -0.2) is 0 Å². The molecule has 3 rings (SSSR count). The van der Waals surface area contributed by atoms with E-state index in [-0.39, 0.29) is 10.9 Å². The van der Waals surface area contributed by atoms with Gasteiger partial charge in [-0.15, -0.1) is 0 Å². The van der Waals surface area contributed by atoms with E-state index < -0.39 is 0 Å². The van der Waals surface area contributed by atoms with Crippen molar-refractivity contribution >= 4 is 28.4 Å². The third-order valence-corrected chi connectivity index (χ3v) is 4.94. The maximum atomic E-state index is 12.5. The highest BCUT2D eigenvalue weighted by molar-refractivity contribution is 8.14. The summed E-state index contributed by atoms with van der Waals surface area (Å²) in [5.74, 6) is 0.863. The molecule has 0 radical (unpaired) electrons. The van der Waals surface area contributed by atoms with E-state index in [4.69, 9.17) is 0 Å². The Kier molecular flexibility index (Phi) is 3.72. The Morgan fingerprint density at radius 1 is 1.29 bits per heavy atom. The molecule has 1 aliphatic carbocycles. The van der Waals surface area contributed by atoms with Gasteiger partial charge in [-0.3, -0.25) is 9.59 Å². The number of dihydropyridines is 1. The highest BCUT2D eigenvalue weighted by Gasteiger charge is 2.34. The normalized spacial score (nSPS) is 16.8. The van der Waals surface area contributed by atoms with Crippen molar-refractivity contribution in [3.05, 3.63) is 52.2 Å². The molecule has 0 amide bonds. The largest absolute Gasteiger partial charge is 0.358 e. The van der Waals surface area contributed by atoms with Crippen molar-refractivity contribution in [2.75, 3.05) is 5.75 Å². The SMILES string of the molecule is CCCSC(=O)C1=C(C)NC2=C(C1)C(=O)c1ccccc12. The van der Waals surface area contributed by atoms with Crippen molar-refractivity contribution in [2.45, 2.75) is 26.7 Å². The lowest BCUT2D eigenvalue weighted by atomic mass is 9.98. The molecule has 1 aromatic rings. The van der Waals surface area contributed by atoms with Gasteiger partial charge in [0, 0.05) is 40.1 Å². The maximum absolute atomic E-state index is 12.5.